The van der Waals surface area contributed by atoms with Gasteiger partial charge in [-0.3, -0.25) is 9.36 Å². The van der Waals surface area contributed by atoms with E-state index in [1.807, 2.05) is 53.1 Å². The quantitative estimate of drug-likeness (QED) is 0.228. The SMILES string of the molecule is COc1ccc(-n2c(SCC(=O)c3ccc(OC)c(OC)c3)nnc2-c2ccccc2OC)cc1. The Labute approximate surface area is 207 Å². The predicted molar refractivity (Wildman–Crippen MR) is 134 cm³/mol. The Morgan fingerprint density at radius 1 is 0.800 bits per heavy atom. The number of ketones is 1. The predicted octanol–water partition coefficient (Wildman–Crippen LogP) is 4.94. The molecule has 1 aromatic heterocycles. The van der Waals surface area contributed by atoms with Gasteiger partial charge >= 0.3 is 0 Å². The Morgan fingerprint density at radius 2 is 1.51 bits per heavy atom. The summed E-state index contributed by atoms with van der Waals surface area (Å²) < 4.78 is 23.3. The molecule has 0 atom stereocenters. The molecule has 1 heterocycles. The first-order valence-electron chi connectivity index (χ1n) is 10.7. The highest BCUT2D eigenvalue weighted by Gasteiger charge is 2.20. The van der Waals surface area contributed by atoms with Crippen molar-refractivity contribution in [1.29, 1.82) is 0 Å². The summed E-state index contributed by atoms with van der Waals surface area (Å²) in [6, 6.07) is 20.3. The zero-order valence-corrected chi connectivity index (χ0v) is 20.7. The van der Waals surface area contributed by atoms with Crippen LogP contribution in [0.25, 0.3) is 17.1 Å². The second-order valence-corrected chi connectivity index (χ2v) is 8.26. The fraction of sp³-hybridized carbons (Fsp3) is 0.192. The number of aromatic nitrogens is 3. The van der Waals surface area contributed by atoms with Crippen LogP contribution in [0, 0.1) is 0 Å². The van der Waals surface area contributed by atoms with Crippen molar-refractivity contribution in [3.05, 3.63) is 72.3 Å². The van der Waals surface area contributed by atoms with Crippen LogP contribution in [0.4, 0.5) is 0 Å². The van der Waals surface area contributed by atoms with Crippen molar-refractivity contribution in [3.63, 3.8) is 0 Å². The van der Waals surface area contributed by atoms with E-state index in [4.69, 9.17) is 18.9 Å². The Kier molecular flexibility index (Phi) is 7.57. The molecule has 4 aromatic rings. The molecule has 0 fully saturated rings. The van der Waals surface area contributed by atoms with Crippen LogP contribution >= 0.6 is 11.8 Å². The topological polar surface area (TPSA) is 84.7 Å². The van der Waals surface area contributed by atoms with Gasteiger partial charge < -0.3 is 18.9 Å². The van der Waals surface area contributed by atoms with Crippen molar-refractivity contribution in [3.8, 4) is 40.1 Å². The maximum absolute atomic E-state index is 13.0. The lowest BCUT2D eigenvalue weighted by Gasteiger charge is -2.13. The van der Waals surface area contributed by atoms with E-state index in [-0.39, 0.29) is 11.5 Å². The summed E-state index contributed by atoms with van der Waals surface area (Å²) in [7, 11) is 6.33. The van der Waals surface area contributed by atoms with Crippen molar-refractivity contribution in [2.24, 2.45) is 0 Å². The van der Waals surface area contributed by atoms with Gasteiger partial charge in [-0.15, -0.1) is 10.2 Å². The Balaban J connectivity index is 1.68. The number of rotatable bonds is 10. The van der Waals surface area contributed by atoms with Crippen molar-refractivity contribution in [1.82, 2.24) is 14.8 Å². The van der Waals surface area contributed by atoms with Gasteiger partial charge in [-0.1, -0.05) is 23.9 Å². The van der Waals surface area contributed by atoms with Crippen molar-refractivity contribution in [2.45, 2.75) is 5.16 Å². The van der Waals surface area contributed by atoms with Gasteiger partial charge in [-0.2, -0.15) is 0 Å². The lowest BCUT2D eigenvalue weighted by atomic mass is 10.1. The van der Waals surface area contributed by atoms with Crippen LogP contribution in [0.1, 0.15) is 10.4 Å². The van der Waals surface area contributed by atoms with Gasteiger partial charge in [0.1, 0.15) is 11.5 Å². The zero-order valence-electron chi connectivity index (χ0n) is 19.8. The number of methoxy groups -OCH3 is 4. The average Bonchev–Trinajstić information content (AvgIpc) is 3.34. The molecule has 0 aliphatic rings. The molecule has 0 radical (unpaired) electrons. The highest BCUT2D eigenvalue weighted by atomic mass is 32.2. The summed E-state index contributed by atoms with van der Waals surface area (Å²) in [6.45, 7) is 0. The van der Waals surface area contributed by atoms with Gasteiger partial charge in [0.05, 0.1) is 45.4 Å². The molecule has 0 unspecified atom stereocenters. The first kappa shape index (κ1) is 24.2. The summed E-state index contributed by atoms with van der Waals surface area (Å²) in [5, 5.41) is 9.43. The minimum absolute atomic E-state index is 0.0703. The fourth-order valence-corrected chi connectivity index (χ4v) is 4.40. The molecule has 0 spiro atoms. The molecule has 35 heavy (non-hydrogen) atoms. The monoisotopic (exact) mass is 491 g/mol. The molecule has 0 amide bonds. The molecule has 0 aliphatic heterocycles. The highest BCUT2D eigenvalue weighted by molar-refractivity contribution is 7.99. The van der Waals surface area contributed by atoms with E-state index < -0.39 is 0 Å². The third kappa shape index (κ3) is 5.09. The Morgan fingerprint density at radius 3 is 2.20 bits per heavy atom. The first-order chi connectivity index (χ1) is 17.1. The molecule has 4 rings (SSSR count). The van der Waals surface area contributed by atoms with Gasteiger partial charge in [0, 0.05) is 5.56 Å². The third-order valence-electron chi connectivity index (χ3n) is 5.35. The summed E-state index contributed by atoms with van der Waals surface area (Å²) in [5.41, 5.74) is 2.14. The molecular weight excluding hydrogens is 466 g/mol. The lowest BCUT2D eigenvalue weighted by molar-refractivity contribution is 0.102. The number of ether oxygens (including phenoxy) is 4. The van der Waals surface area contributed by atoms with Gasteiger partial charge in [-0.25, -0.2) is 0 Å². The standard InChI is InChI=1S/C26H25N3O5S/c1-31-19-12-10-18(11-13-19)29-25(20-7-5-6-8-22(20)32-2)27-28-26(29)35-16-21(30)17-9-14-23(33-3)24(15-17)34-4/h5-15H,16H2,1-4H3. The minimum atomic E-state index is -0.0703. The molecule has 9 heteroatoms. The van der Waals surface area contributed by atoms with Gasteiger partial charge in [-0.05, 0) is 54.6 Å². The van der Waals surface area contributed by atoms with Crippen LogP contribution in [-0.2, 0) is 0 Å². The smallest absolute Gasteiger partial charge is 0.196 e. The normalized spacial score (nSPS) is 10.6. The molecule has 0 saturated heterocycles. The molecule has 0 aliphatic carbocycles. The number of nitrogens with zero attached hydrogens (tertiary/aromatic N) is 3. The van der Waals surface area contributed by atoms with Gasteiger partial charge in [0.15, 0.2) is 28.3 Å². The van der Waals surface area contributed by atoms with E-state index in [0.29, 0.717) is 33.8 Å². The molecule has 0 saturated carbocycles. The highest BCUT2D eigenvalue weighted by Crippen LogP contribution is 2.34. The van der Waals surface area contributed by atoms with Crippen LogP contribution in [0.2, 0.25) is 0 Å². The van der Waals surface area contributed by atoms with Crippen molar-refractivity contribution >= 4 is 17.5 Å². The summed E-state index contributed by atoms with van der Waals surface area (Å²) in [4.78, 5) is 13.0. The van der Waals surface area contributed by atoms with Crippen molar-refractivity contribution < 1.29 is 23.7 Å². The van der Waals surface area contributed by atoms with E-state index in [2.05, 4.69) is 10.2 Å². The average molecular weight is 492 g/mol. The molecule has 180 valence electrons. The summed E-state index contributed by atoms with van der Waals surface area (Å²) >= 11 is 1.30. The van der Waals surface area contributed by atoms with Crippen molar-refractivity contribution in [2.75, 3.05) is 34.2 Å². The van der Waals surface area contributed by atoms with E-state index in [9.17, 15) is 4.79 Å². The molecular formula is C26H25N3O5S. The molecule has 3 aromatic carbocycles. The molecule has 0 N–H and O–H groups in total. The summed E-state index contributed by atoms with van der Waals surface area (Å²) in [5.74, 6) is 3.18. The maximum atomic E-state index is 13.0. The maximum Gasteiger partial charge on any atom is 0.196 e. The number of carbonyl (C=O) groups excluding carboxylic acids is 1. The van der Waals surface area contributed by atoms with Crippen LogP contribution in [0.15, 0.2) is 71.9 Å². The Hall–Kier alpha value is -3.98. The van der Waals surface area contributed by atoms with Crippen LogP contribution in [0.3, 0.4) is 0 Å². The van der Waals surface area contributed by atoms with Crippen LogP contribution in [-0.4, -0.2) is 54.7 Å². The van der Waals surface area contributed by atoms with E-state index in [0.717, 1.165) is 17.0 Å². The molecule has 0 bridgehead atoms. The summed E-state index contributed by atoms with van der Waals surface area (Å²) in [6.07, 6.45) is 0. The fourth-order valence-electron chi connectivity index (χ4n) is 3.55. The number of Topliss-reactive ketones (excluding diaryl/α,β-unsaturated/α-hetero) is 1. The van der Waals surface area contributed by atoms with Gasteiger partial charge in [0.25, 0.3) is 0 Å². The van der Waals surface area contributed by atoms with E-state index in [1.165, 1.54) is 18.9 Å². The van der Waals surface area contributed by atoms with E-state index in [1.54, 1.807) is 39.5 Å². The number of hydrogen-bond acceptors (Lipinski definition) is 8. The Bertz CT molecular complexity index is 1320. The lowest BCUT2D eigenvalue weighted by Crippen LogP contribution is -2.06. The number of benzene rings is 3. The third-order valence-corrected chi connectivity index (χ3v) is 6.28. The zero-order chi connectivity index (χ0) is 24.8. The van der Waals surface area contributed by atoms with Crippen LogP contribution in [0.5, 0.6) is 23.0 Å². The second-order valence-electron chi connectivity index (χ2n) is 7.32. The second kappa shape index (κ2) is 11.0. The number of carbonyl (C=O) groups is 1. The minimum Gasteiger partial charge on any atom is -0.497 e. The number of thioether (sulfide) groups is 1. The largest absolute Gasteiger partial charge is 0.497 e. The van der Waals surface area contributed by atoms with Crippen LogP contribution < -0.4 is 18.9 Å². The van der Waals surface area contributed by atoms with E-state index >= 15 is 0 Å². The number of hydrogen-bond donors (Lipinski definition) is 0. The first-order valence-corrected chi connectivity index (χ1v) is 11.7. The molecule has 8 nitrogen and oxygen atoms in total. The number of para-hydroxylation sites is 1. The van der Waals surface area contributed by atoms with Gasteiger partial charge in [0.2, 0.25) is 0 Å².